The molecule has 0 aliphatic rings. The van der Waals surface area contributed by atoms with Crippen molar-refractivity contribution >= 4 is 59.3 Å². The molecule has 0 bridgehead atoms. The second kappa shape index (κ2) is 15.3. The lowest BCUT2D eigenvalue weighted by molar-refractivity contribution is 0.219. The van der Waals surface area contributed by atoms with Crippen molar-refractivity contribution in [3.8, 4) is 0 Å². The number of aryl methyl sites for hydroxylation is 1. The highest BCUT2D eigenvalue weighted by molar-refractivity contribution is 7.95. The first-order valence-electron chi connectivity index (χ1n) is 17.2. The minimum Gasteiger partial charge on any atom is -0.401 e. The zero-order chi connectivity index (χ0) is 34.3. The van der Waals surface area contributed by atoms with Crippen LogP contribution in [-0.2, 0) is 4.43 Å². The van der Waals surface area contributed by atoms with Gasteiger partial charge in [0, 0.05) is 11.8 Å². The van der Waals surface area contributed by atoms with Gasteiger partial charge in [-0.1, -0.05) is 136 Å². The quantitative estimate of drug-likeness (QED) is 0.0941. The highest BCUT2D eigenvalue weighted by Gasteiger charge is 2.52. The maximum atomic E-state index is 7.98. The van der Waals surface area contributed by atoms with Crippen LogP contribution in [0.1, 0.15) is 44.8 Å². The molecule has 1 heterocycles. The van der Waals surface area contributed by atoms with Gasteiger partial charge in [-0.05, 0) is 77.3 Å². The van der Waals surface area contributed by atoms with Crippen molar-refractivity contribution in [1.29, 1.82) is 0 Å². The van der Waals surface area contributed by atoms with E-state index in [1.54, 1.807) is 11.3 Å². The third kappa shape index (κ3) is 7.34. The van der Waals surface area contributed by atoms with Crippen LogP contribution in [0.5, 0.6) is 0 Å². The summed E-state index contributed by atoms with van der Waals surface area (Å²) >= 11 is 1.70. The highest BCUT2D eigenvalue weighted by atomic mass is 32.1. The maximum absolute atomic E-state index is 7.98. The zero-order valence-corrected chi connectivity index (χ0v) is 32.0. The molecule has 0 radical (unpaired) electrons. The fourth-order valence-electron chi connectivity index (χ4n) is 7.25. The van der Waals surface area contributed by atoms with Gasteiger partial charge in [0.2, 0.25) is 0 Å². The molecule has 0 amide bonds. The Morgan fingerprint density at radius 2 is 1.10 bits per heavy atom. The third-order valence-electron chi connectivity index (χ3n) is 9.57. The summed E-state index contributed by atoms with van der Waals surface area (Å²) in [5.74, 6) is 0. The molecule has 49 heavy (non-hydrogen) atoms. The molecule has 0 fully saturated rings. The fourth-order valence-corrected chi connectivity index (χ4v) is 16.9. The average molecular weight is 697 g/mol. The van der Waals surface area contributed by atoms with Crippen molar-refractivity contribution in [2.24, 2.45) is 0 Å². The molecule has 1 atom stereocenters. The number of thiazole rings is 1. The van der Waals surface area contributed by atoms with E-state index in [0.717, 1.165) is 23.3 Å². The van der Waals surface area contributed by atoms with Gasteiger partial charge in [0.05, 0.1) is 23.0 Å². The van der Waals surface area contributed by atoms with Crippen molar-refractivity contribution < 1.29 is 4.43 Å². The van der Waals surface area contributed by atoms with Crippen molar-refractivity contribution in [2.45, 2.75) is 52.2 Å². The van der Waals surface area contributed by atoms with Crippen molar-refractivity contribution in [3.05, 3.63) is 173 Å². The second-order valence-electron chi connectivity index (χ2n) is 13.8. The first-order valence-corrected chi connectivity index (χ1v) is 21.9. The monoisotopic (exact) mass is 696 g/mol. The number of benzene rings is 5. The lowest BCUT2D eigenvalue weighted by atomic mass is 10.1. The Hall–Kier alpha value is -3.92. The van der Waals surface area contributed by atoms with E-state index in [0.29, 0.717) is 0 Å². The van der Waals surface area contributed by atoms with Gasteiger partial charge in [-0.15, -0.1) is 11.3 Å². The van der Waals surface area contributed by atoms with Gasteiger partial charge < -0.3 is 4.43 Å². The van der Waals surface area contributed by atoms with Crippen LogP contribution < -0.4 is 26.3 Å². The molecule has 0 aliphatic carbocycles. The van der Waals surface area contributed by atoms with Crippen molar-refractivity contribution in [3.63, 3.8) is 0 Å². The zero-order valence-electron chi connectivity index (χ0n) is 29.3. The average Bonchev–Trinajstić information content (AvgIpc) is 3.55. The summed E-state index contributed by atoms with van der Waals surface area (Å²) in [5, 5.41) is 9.88. The molecule has 6 aromatic rings. The molecule has 0 saturated carbocycles. The van der Waals surface area contributed by atoms with E-state index in [-0.39, 0.29) is 11.1 Å². The topological polar surface area (TPSA) is 22.1 Å². The lowest BCUT2D eigenvalue weighted by Crippen LogP contribution is -2.67. The molecule has 0 N–H and O–H groups in total. The molecule has 248 valence electrons. The van der Waals surface area contributed by atoms with E-state index < -0.39 is 15.6 Å². The van der Waals surface area contributed by atoms with Gasteiger partial charge in [-0.2, -0.15) is 0 Å². The second-order valence-corrected chi connectivity index (χ2v) is 22.7. The smallest absolute Gasteiger partial charge is 0.261 e. The number of nitrogens with zero attached hydrogens (tertiary/aromatic N) is 1. The Labute approximate surface area is 299 Å². The number of rotatable bonds is 12. The summed E-state index contributed by atoms with van der Waals surface area (Å²) in [4.78, 5) is 4.85. The van der Waals surface area contributed by atoms with E-state index in [1.165, 1.54) is 31.9 Å². The summed E-state index contributed by atoms with van der Waals surface area (Å²) in [6.07, 6.45) is 3.96. The number of aromatic nitrogens is 1. The van der Waals surface area contributed by atoms with E-state index in [4.69, 9.17) is 9.41 Å². The Kier molecular flexibility index (Phi) is 10.9. The SMILES string of the molecule is CC(=Cc1csc(C)n1)C(CC[P+](c1ccccc1)(c1ccccc1)c1ccccc1)O[Si](c1ccccc1)(c1ccccc1)C(C)(C)C. The van der Waals surface area contributed by atoms with Crippen molar-refractivity contribution in [2.75, 3.05) is 6.16 Å². The molecule has 6 rings (SSSR count). The van der Waals surface area contributed by atoms with Crippen LogP contribution in [-0.4, -0.2) is 25.6 Å². The summed E-state index contributed by atoms with van der Waals surface area (Å²) < 4.78 is 7.98. The van der Waals surface area contributed by atoms with E-state index >= 15 is 0 Å². The Morgan fingerprint density at radius 3 is 1.47 bits per heavy atom. The van der Waals surface area contributed by atoms with Crippen molar-refractivity contribution in [1.82, 2.24) is 4.98 Å². The molecule has 0 aliphatic heterocycles. The van der Waals surface area contributed by atoms with Gasteiger partial charge in [-0.3, -0.25) is 0 Å². The first kappa shape index (κ1) is 34.9. The summed E-state index contributed by atoms with van der Waals surface area (Å²) in [5.41, 5.74) is 2.22. The van der Waals surface area contributed by atoms with E-state index in [9.17, 15) is 0 Å². The van der Waals surface area contributed by atoms with E-state index in [1.807, 2.05) is 0 Å². The molecule has 5 heteroatoms. The molecular formula is C44H47NOPSSi+. The van der Waals surface area contributed by atoms with Crippen LogP contribution >= 0.6 is 18.6 Å². The molecule has 1 unspecified atom stereocenters. The van der Waals surface area contributed by atoms with Gasteiger partial charge in [0.1, 0.15) is 23.2 Å². The normalized spacial score (nSPS) is 13.3. The summed E-state index contributed by atoms with van der Waals surface area (Å²) in [7, 11) is -4.95. The maximum Gasteiger partial charge on any atom is 0.261 e. The van der Waals surface area contributed by atoms with Crippen LogP contribution in [0.3, 0.4) is 0 Å². The van der Waals surface area contributed by atoms with Gasteiger partial charge in [0.15, 0.2) is 0 Å². The van der Waals surface area contributed by atoms with Gasteiger partial charge in [-0.25, -0.2) is 4.98 Å². The van der Waals surface area contributed by atoms with Crippen LogP contribution in [0, 0.1) is 6.92 Å². The van der Waals surface area contributed by atoms with Crippen LogP contribution in [0.25, 0.3) is 6.08 Å². The number of hydrogen-bond acceptors (Lipinski definition) is 3. The van der Waals surface area contributed by atoms with Crippen LogP contribution in [0.4, 0.5) is 0 Å². The molecule has 0 saturated heterocycles. The molecule has 1 aromatic heterocycles. The fraction of sp³-hybridized carbons (Fsp3) is 0.205. The molecule has 5 aromatic carbocycles. The summed E-state index contributed by atoms with van der Waals surface area (Å²) in [6, 6.07) is 55.7. The minimum absolute atomic E-state index is 0.135. The first-order chi connectivity index (χ1) is 23.7. The van der Waals surface area contributed by atoms with Gasteiger partial charge >= 0.3 is 0 Å². The predicted octanol–water partition coefficient (Wildman–Crippen LogP) is 9.18. The standard InChI is InChI=1S/C44H47NOPSSi/c1-35(33-37-34-48-36(2)45-37)43(46-49(44(3,4)5,41-27-17-9-18-28-41)42-29-19-10-20-30-42)31-32-47(38-21-11-6-12-22-38,39-23-13-7-14-24-39)40-25-15-8-16-26-40/h6-30,33-34,43H,31-32H2,1-5H3/q+1. The van der Waals surface area contributed by atoms with Crippen LogP contribution in [0.2, 0.25) is 5.04 Å². The van der Waals surface area contributed by atoms with Crippen LogP contribution in [0.15, 0.2) is 163 Å². The molecular weight excluding hydrogens is 650 g/mol. The Morgan fingerprint density at radius 1 is 0.694 bits per heavy atom. The Balaban J connectivity index is 1.55. The van der Waals surface area contributed by atoms with E-state index in [2.05, 4.69) is 198 Å². The highest BCUT2D eigenvalue weighted by Crippen LogP contribution is 2.56. The van der Waals surface area contributed by atoms with Gasteiger partial charge in [0.25, 0.3) is 8.32 Å². The molecule has 0 spiro atoms. The third-order valence-corrected chi connectivity index (χ3v) is 19.9. The summed E-state index contributed by atoms with van der Waals surface area (Å²) in [6.45, 7) is 11.4. The minimum atomic E-state index is -2.87. The lowest BCUT2D eigenvalue weighted by Gasteiger charge is -2.45. The Bertz CT molecular complexity index is 1800. The molecule has 2 nitrogen and oxygen atoms in total. The number of hydrogen-bond donors (Lipinski definition) is 0. The predicted molar refractivity (Wildman–Crippen MR) is 218 cm³/mol. The largest absolute Gasteiger partial charge is 0.401 e.